The lowest BCUT2D eigenvalue weighted by atomic mass is 9.95. The summed E-state index contributed by atoms with van der Waals surface area (Å²) in [5.41, 5.74) is 1.09. The lowest BCUT2D eigenvalue weighted by Gasteiger charge is -2.28. The smallest absolute Gasteiger partial charge is 0.295 e. The summed E-state index contributed by atoms with van der Waals surface area (Å²) in [4.78, 5) is 30.4. The molecular formula is C30H40N2O6. The molecule has 0 saturated carbocycles. The molecule has 1 unspecified atom stereocenters. The predicted octanol–water partition coefficient (Wildman–Crippen LogP) is 4.89. The molecule has 1 atom stereocenters. The second-order valence-electron chi connectivity index (χ2n) is 9.69. The fourth-order valence-electron chi connectivity index (χ4n) is 4.55. The molecule has 0 aromatic heterocycles. The Bertz CT molecular complexity index is 1160. The van der Waals surface area contributed by atoms with Crippen molar-refractivity contribution in [2.75, 3.05) is 47.0 Å². The molecule has 2 aromatic rings. The van der Waals surface area contributed by atoms with Crippen molar-refractivity contribution in [3.8, 4) is 17.2 Å². The Kier molecular flexibility index (Phi) is 10.2. The number of likely N-dealkylation sites (N-methyl/N-ethyl adjacent to an activating group) is 1. The number of aliphatic hydroxyl groups excluding tert-OH is 1. The minimum atomic E-state index is -0.782. The molecule has 1 heterocycles. The first-order chi connectivity index (χ1) is 18.2. The van der Waals surface area contributed by atoms with Crippen molar-refractivity contribution in [3.05, 3.63) is 59.2 Å². The molecule has 3 rings (SSSR count). The largest absolute Gasteiger partial charge is 0.507 e. The summed E-state index contributed by atoms with van der Waals surface area (Å²) in [6.07, 6.45) is 0.900. The quantitative estimate of drug-likeness (QED) is 0.227. The second-order valence-corrected chi connectivity index (χ2v) is 9.69. The van der Waals surface area contributed by atoms with Crippen molar-refractivity contribution in [1.82, 2.24) is 9.80 Å². The van der Waals surface area contributed by atoms with Gasteiger partial charge in [-0.2, -0.15) is 0 Å². The number of carbonyl (C=O) groups is 2. The zero-order valence-electron chi connectivity index (χ0n) is 23.3. The first-order valence-corrected chi connectivity index (χ1v) is 13.2. The monoisotopic (exact) mass is 524 g/mol. The number of ketones is 1. The third-order valence-electron chi connectivity index (χ3n) is 6.89. The fraction of sp³-hybridized carbons (Fsp3) is 0.467. The molecule has 0 radical (unpaired) electrons. The van der Waals surface area contributed by atoms with E-state index < -0.39 is 17.7 Å². The van der Waals surface area contributed by atoms with Crippen LogP contribution in [-0.2, 0) is 9.59 Å². The Morgan fingerprint density at radius 1 is 1.03 bits per heavy atom. The van der Waals surface area contributed by atoms with Crippen LogP contribution >= 0.6 is 0 Å². The maximum atomic E-state index is 13.4. The summed E-state index contributed by atoms with van der Waals surface area (Å²) in [6, 6.07) is 11.4. The molecule has 38 heavy (non-hydrogen) atoms. The molecule has 1 saturated heterocycles. The van der Waals surface area contributed by atoms with E-state index in [4.69, 9.17) is 14.2 Å². The normalized spacial score (nSPS) is 16.9. The molecule has 1 aliphatic heterocycles. The molecular weight excluding hydrogens is 484 g/mol. The molecule has 1 fully saturated rings. The number of methoxy groups -OCH3 is 2. The van der Waals surface area contributed by atoms with E-state index in [0.29, 0.717) is 54.0 Å². The minimum Gasteiger partial charge on any atom is -0.507 e. The summed E-state index contributed by atoms with van der Waals surface area (Å²) in [7, 11) is 3.09. The maximum absolute atomic E-state index is 13.4. The summed E-state index contributed by atoms with van der Waals surface area (Å²) in [5.74, 6) is 0.530. The molecule has 1 N–H and O–H groups in total. The van der Waals surface area contributed by atoms with E-state index >= 15 is 0 Å². The Balaban J connectivity index is 2.09. The predicted molar refractivity (Wildman–Crippen MR) is 148 cm³/mol. The van der Waals surface area contributed by atoms with E-state index in [1.165, 1.54) is 7.11 Å². The van der Waals surface area contributed by atoms with Crippen molar-refractivity contribution < 1.29 is 28.9 Å². The van der Waals surface area contributed by atoms with E-state index in [-0.39, 0.29) is 11.3 Å². The Morgan fingerprint density at radius 2 is 1.76 bits per heavy atom. The van der Waals surface area contributed by atoms with Crippen LogP contribution in [0.25, 0.3) is 5.76 Å². The molecule has 2 aromatic carbocycles. The van der Waals surface area contributed by atoms with Crippen LogP contribution in [0.5, 0.6) is 17.2 Å². The third kappa shape index (κ3) is 6.48. The summed E-state index contributed by atoms with van der Waals surface area (Å²) < 4.78 is 16.9. The fourth-order valence-corrected chi connectivity index (χ4v) is 4.55. The van der Waals surface area contributed by atoms with E-state index in [0.717, 1.165) is 19.5 Å². The minimum absolute atomic E-state index is 0.0401. The van der Waals surface area contributed by atoms with Gasteiger partial charge in [0.2, 0.25) is 0 Å². The first-order valence-electron chi connectivity index (χ1n) is 13.2. The van der Waals surface area contributed by atoms with Crippen LogP contribution in [0.15, 0.2) is 48.0 Å². The van der Waals surface area contributed by atoms with Crippen LogP contribution < -0.4 is 14.2 Å². The zero-order valence-corrected chi connectivity index (χ0v) is 23.3. The number of hydrogen-bond acceptors (Lipinski definition) is 7. The summed E-state index contributed by atoms with van der Waals surface area (Å²) in [6.45, 7) is 11.5. The summed E-state index contributed by atoms with van der Waals surface area (Å²) in [5, 5.41) is 11.4. The Hall–Kier alpha value is -3.52. The van der Waals surface area contributed by atoms with Crippen molar-refractivity contribution in [2.45, 2.75) is 40.2 Å². The number of benzene rings is 2. The number of likely N-dealkylation sites (tertiary alicyclic amines) is 1. The maximum Gasteiger partial charge on any atom is 0.295 e. The first kappa shape index (κ1) is 29.0. The highest BCUT2D eigenvalue weighted by molar-refractivity contribution is 6.46. The topological polar surface area (TPSA) is 88.5 Å². The summed E-state index contributed by atoms with van der Waals surface area (Å²) >= 11 is 0. The molecule has 8 nitrogen and oxygen atoms in total. The molecule has 1 aliphatic rings. The number of rotatable bonds is 13. The van der Waals surface area contributed by atoms with Gasteiger partial charge in [0.25, 0.3) is 11.7 Å². The number of nitrogens with zero attached hydrogens (tertiary/aromatic N) is 2. The van der Waals surface area contributed by atoms with Crippen molar-refractivity contribution in [2.24, 2.45) is 5.92 Å². The molecule has 1 amide bonds. The van der Waals surface area contributed by atoms with Crippen LogP contribution in [0.1, 0.15) is 51.3 Å². The number of hydrogen-bond donors (Lipinski definition) is 1. The van der Waals surface area contributed by atoms with Gasteiger partial charge in [0.1, 0.15) is 11.5 Å². The van der Waals surface area contributed by atoms with Crippen LogP contribution in [0, 0.1) is 5.92 Å². The van der Waals surface area contributed by atoms with Gasteiger partial charge in [-0.1, -0.05) is 45.9 Å². The molecule has 8 heteroatoms. The van der Waals surface area contributed by atoms with E-state index in [1.54, 1.807) is 48.4 Å². The van der Waals surface area contributed by atoms with Gasteiger partial charge in [-0.25, -0.2) is 0 Å². The molecule has 0 bridgehead atoms. The number of aliphatic hydroxyl groups is 1. The Labute approximate surface area is 225 Å². The second kappa shape index (κ2) is 13.3. The third-order valence-corrected chi connectivity index (χ3v) is 6.89. The van der Waals surface area contributed by atoms with E-state index in [2.05, 4.69) is 32.6 Å². The Morgan fingerprint density at radius 3 is 2.39 bits per heavy atom. The van der Waals surface area contributed by atoms with Crippen molar-refractivity contribution in [3.63, 3.8) is 0 Å². The van der Waals surface area contributed by atoms with Crippen LogP contribution in [0.2, 0.25) is 0 Å². The molecule has 0 aliphatic carbocycles. The standard InChI is InChI=1S/C30H40N2O6/c1-7-31(8-2)15-16-32-27(21-12-13-24(25(19-21)37-6)38-17-14-20(3)4)26(29(34)30(32)35)28(33)22-10-9-11-23(18-22)36-5/h9-13,18-20,27,33H,7-8,14-17H2,1-6H3. The van der Waals surface area contributed by atoms with Crippen LogP contribution in [-0.4, -0.2) is 73.6 Å². The number of amides is 1. The SMILES string of the molecule is CCN(CC)CCN1C(=O)C(=O)C(=C(O)c2cccc(OC)c2)C1c1ccc(OCCC(C)C)c(OC)c1. The average Bonchev–Trinajstić information content (AvgIpc) is 3.18. The average molecular weight is 525 g/mol. The molecule has 0 spiro atoms. The van der Waals surface area contributed by atoms with Gasteiger partial charge >= 0.3 is 0 Å². The van der Waals surface area contributed by atoms with Gasteiger partial charge < -0.3 is 29.1 Å². The lowest BCUT2D eigenvalue weighted by molar-refractivity contribution is -0.140. The zero-order chi connectivity index (χ0) is 27.8. The van der Waals surface area contributed by atoms with Crippen molar-refractivity contribution in [1.29, 1.82) is 0 Å². The van der Waals surface area contributed by atoms with E-state index in [1.807, 2.05) is 6.07 Å². The van der Waals surface area contributed by atoms with Crippen molar-refractivity contribution >= 4 is 17.4 Å². The number of Topliss-reactive ketones (excluding diaryl/α,β-unsaturated/α-hetero) is 1. The highest BCUT2D eigenvalue weighted by atomic mass is 16.5. The van der Waals surface area contributed by atoms with Gasteiger partial charge in [0, 0.05) is 18.7 Å². The highest BCUT2D eigenvalue weighted by Gasteiger charge is 2.46. The van der Waals surface area contributed by atoms with Crippen LogP contribution in [0.4, 0.5) is 0 Å². The number of carbonyl (C=O) groups excluding carboxylic acids is 2. The van der Waals surface area contributed by atoms with Gasteiger partial charge in [-0.3, -0.25) is 9.59 Å². The van der Waals surface area contributed by atoms with Crippen LogP contribution in [0.3, 0.4) is 0 Å². The van der Waals surface area contributed by atoms with E-state index in [9.17, 15) is 14.7 Å². The van der Waals surface area contributed by atoms with Gasteiger partial charge in [-0.15, -0.1) is 0 Å². The van der Waals surface area contributed by atoms with Gasteiger partial charge in [0.15, 0.2) is 11.5 Å². The molecule has 206 valence electrons. The lowest BCUT2D eigenvalue weighted by Crippen LogP contribution is -2.38. The van der Waals surface area contributed by atoms with Gasteiger partial charge in [-0.05, 0) is 55.3 Å². The number of ether oxygens (including phenoxy) is 3. The highest BCUT2D eigenvalue weighted by Crippen LogP contribution is 2.42. The van der Waals surface area contributed by atoms with Gasteiger partial charge in [0.05, 0.1) is 32.4 Å².